The first kappa shape index (κ1) is 21.3. The number of hydrogen-bond donors (Lipinski definition) is 0. The Morgan fingerprint density at radius 3 is 2.35 bits per heavy atom. The summed E-state index contributed by atoms with van der Waals surface area (Å²) < 4.78 is 34.2. The summed E-state index contributed by atoms with van der Waals surface area (Å²) in [4.78, 5) is 12.6. The van der Waals surface area contributed by atoms with Gasteiger partial charge in [-0.05, 0) is 66.8 Å². The second kappa shape index (κ2) is 9.03. The lowest BCUT2D eigenvalue weighted by Gasteiger charge is -2.29. The van der Waals surface area contributed by atoms with Crippen molar-refractivity contribution in [3.8, 4) is 5.69 Å². The van der Waals surface area contributed by atoms with E-state index in [0.717, 1.165) is 24.1 Å². The summed E-state index contributed by atoms with van der Waals surface area (Å²) in [5.74, 6) is 0.0530. The van der Waals surface area contributed by atoms with E-state index >= 15 is 0 Å². The first-order chi connectivity index (χ1) is 14.9. The van der Waals surface area contributed by atoms with E-state index in [1.807, 2.05) is 36.5 Å². The van der Waals surface area contributed by atoms with Crippen LogP contribution in [0.2, 0.25) is 0 Å². The van der Waals surface area contributed by atoms with Gasteiger partial charge in [-0.15, -0.1) is 0 Å². The molecular weight excluding hydrogens is 414 g/mol. The Bertz CT molecular complexity index is 1120. The average molecular weight is 440 g/mol. The molecule has 1 aliphatic heterocycles. The summed E-state index contributed by atoms with van der Waals surface area (Å²) in [6.45, 7) is 3.33. The van der Waals surface area contributed by atoms with Crippen molar-refractivity contribution >= 4 is 16.0 Å². The summed E-state index contributed by atoms with van der Waals surface area (Å²) in [5.41, 5.74) is 2.09. The highest BCUT2D eigenvalue weighted by atomic mass is 32.2. The van der Waals surface area contributed by atoms with Gasteiger partial charge in [0.1, 0.15) is 6.61 Å². The number of ether oxygens (including phenoxy) is 1. The van der Waals surface area contributed by atoms with Gasteiger partial charge in [0.05, 0.1) is 16.1 Å². The number of sulfonamides is 1. The predicted octanol–water partition coefficient (Wildman–Crippen LogP) is 3.65. The van der Waals surface area contributed by atoms with Gasteiger partial charge in [0.25, 0.3) is 0 Å². The van der Waals surface area contributed by atoms with Gasteiger partial charge in [0.15, 0.2) is 0 Å². The molecule has 0 spiro atoms. The van der Waals surface area contributed by atoms with Gasteiger partial charge in [0, 0.05) is 25.5 Å². The monoisotopic (exact) mass is 439 g/mol. The molecule has 2 aromatic carbocycles. The molecule has 1 aromatic heterocycles. The fourth-order valence-electron chi connectivity index (χ4n) is 3.54. The van der Waals surface area contributed by atoms with Gasteiger partial charge in [-0.2, -0.15) is 9.40 Å². The van der Waals surface area contributed by atoms with Crippen LogP contribution < -0.4 is 0 Å². The van der Waals surface area contributed by atoms with Crippen molar-refractivity contribution in [3.63, 3.8) is 0 Å². The van der Waals surface area contributed by atoms with Crippen LogP contribution in [0.5, 0.6) is 0 Å². The molecule has 1 saturated heterocycles. The van der Waals surface area contributed by atoms with Crippen LogP contribution in [0.4, 0.5) is 0 Å². The molecule has 0 aliphatic carbocycles. The molecule has 162 valence electrons. The number of hydrogen-bond acceptors (Lipinski definition) is 5. The van der Waals surface area contributed by atoms with Gasteiger partial charge >= 0.3 is 5.97 Å². The molecule has 2 heterocycles. The van der Waals surface area contributed by atoms with Gasteiger partial charge < -0.3 is 4.74 Å². The first-order valence-electron chi connectivity index (χ1n) is 10.3. The highest BCUT2D eigenvalue weighted by Crippen LogP contribution is 2.23. The maximum Gasteiger partial charge on any atom is 0.338 e. The van der Waals surface area contributed by atoms with Gasteiger partial charge in [-0.3, -0.25) is 0 Å². The van der Waals surface area contributed by atoms with Crippen LogP contribution in [0.3, 0.4) is 0 Å². The molecule has 4 rings (SSSR count). The molecule has 0 unspecified atom stereocenters. The van der Waals surface area contributed by atoms with Crippen LogP contribution in [0.1, 0.15) is 35.7 Å². The van der Waals surface area contributed by atoms with Crippen LogP contribution in [0, 0.1) is 5.92 Å². The summed E-state index contributed by atoms with van der Waals surface area (Å²) in [7, 11) is -3.53. The van der Waals surface area contributed by atoms with Crippen molar-refractivity contribution in [2.75, 3.05) is 13.1 Å². The SMILES string of the molecule is CC1CCN(S(=O)(=O)c2ccc(C(=O)OCc3ccc(-n4cccn4)cc3)cc2)CC1. The molecule has 31 heavy (non-hydrogen) atoms. The summed E-state index contributed by atoms with van der Waals surface area (Å²) in [6.07, 6.45) is 5.29. The lowest BCUT2D eigenvalue weighted by Crippen LogP contribution is -2.37. The Hall–Kier alpha value is -2.97. The number of carbonyl (C=O) groups excluding carboxylic acids is 1. The smallest absolute Gasteiger partial charge is 0.338 e. The van der Waals surface area contributed by atoms with Crippen LogP contribution in [-0.2, 0) is 21.4 Å². The Morgan fingerprint density at radius 2 is 1.74 bits per heavy atom. The number of esters is 1. The third-order valence-electron chi connectivity index (χ3n) is 5.55. The number of piperidine rings is 1. The number of aromatic nitrogens is 2. The minimum Gasteiger partial charge on any atom is -0.457 e. The number of nitrogens with zero attached hydrogens (tertiary/aromatic N) is 3. The normalized spacial score (nSPS) is 15.6. The van der Waals surface area contributed by atoms with E-state index in [9.17, 15) is 13.2 Å². The largest absolute Gasteiger partial charge is 0.457 e. The van der Waals surface area contributed by atoms with Gasteiger partial charge in [-0.1, -0.05) is 19.1 Å². The molecule has 0 radical (unpaired) electrons. The topological polar surface area (TPSA) is 81.5 Å². The van der Waals surface area contributed by atoms with E-state index in [1.165, 1.54) is 28.6 Å². The third kappa shape index (κ3) is 4.86. The highest BCUT2D eigenvalue weighted by Gasteiger charge is 2.28. The Morgan fingerprint density at radius 1 is 1.06 bits per heavy atom. The van der Waals surface area contributed by atoms with Crippen molar-refractivity contribution in [1.29, 1.82) is 0 Å². The Kier molecular flexibility index (Phi) is 6.20. The summed E-state index contributed by atoms with van der Waals surface area (Å²) in [5, 5.41) is 4.17. The Balaban J connectivity index is 1.36. The van der Waals surface area contributed by atoms with E-state index < -0.39 is 16.0 Å². The van der Waals surface area contributed by atoms with E-state index in [2.05, 4.69) is 12.0 Å². The molecule has 7 nitrogen and oxygen atoms in total. The Labute approximate surface area is 182 Å². The van der Waals surface area contributed by atoms with Crippen LogP contribution in [-0.4, -0.2) is 41.6 Å². The fourth-order valence-corrected chi connectivity index (χ4v) is 5.01. The molecule has 0 bridgehead atoms. The van der Waals surface area contributed by atoms with Crippen molar-refractivity contribution in [2.45, 2.75) is 31.3 Å². The third-order valence-corrected chi connectivity index (χ3v) is 7.46. The zero-order chi connectivity index (χ0) is 21.8. The maximum absolute atomic E-state index is 12.8. The second-order valence-electron chi connectivity index (χ2n) is 7.80. The van der Waals surface area contributed by atoms with E-state index in [1.54, 1.807) is 10.9 Å². The number of rotatable bonds is 6. The zero-order valence-corrected chi connectivity index (χ0v) is 18.2. The van der Waals surface area contributed by atoms with Crippen LogP contribution in [0.15, 0.2) is 71.9 Å². The number of carbonyl (C=O) groups is 1. The molecule has 0 saturated carbocycles. The van der Waals surface area contributed by atoms with Gasteiger partial charge in [0.2, 0.25) is 10.0 Å². The van der Waals surface area contributed by atoms with Crippen molar-refractivity contribution < 1.29 is 17.9 Å². The fraction of sp³-hybridized carbons (Fsp3) is 0.304. The summed E-state index contributed by atoms with van der Waals surface area (Å²) in [6, 6.07) is 15.4. The molecule has 1 fully saturated rings. The summed E-state index contributed by atoms with van der Waals surface area (Å²) >= 11 is 0. The highest BCUT2D eigenvalue weighted by molar-refractivity contribution is 7.89. The molecule has 3 aromatic rings. The molecule has 8 heteroatoms. The minimum atomic E-state index is -3.53. The quantitative estimate of drug-likeness (QED) is 0.548. The molecule has 0 N–H and O–H groups in total. The number of benzene rings is 2. The zero-order valence-electron chi connectivity index (χ0n) is 17.3. The lowest BCUT2D eigenvalue weighted by atomic mass is 10.0. The van der Waals surface area contributed by atoms with Crippen molar-refractivity contribution in [1.82, 2.24) is 14.1 Å². The van der Waals surface area contributed by atoms with E-state index in [0.29, 0.717) is 24.6 Å². The van der Waals surface area contributed by atoms with E-state index in [4.69, 9.17) is 4.74 Å². The standard InChI is InChI=1S/C23H25N3O4S/c1-18-11-15-25(16-12-18)31(28,29)22-9-5-20(6-10-22)23(27)30-17-19-3-7-21(8-4-19)26-14-2-13-24-26/h2-10,13-14,18H,11-12,15-17H2,1H3. The maximum atomic E-state index is 12.8. The second-order valence-corrected chi connectivity index (χ2v) is 9.74. The minimum absolute atomic E-state index is 0.129. The lowest BCUT2D eigenvalue weighted by molar-refractivity contribution is 0.0472. The van der Waals surface area contributed by atoms with E-state index in [-0.39, 0.29) is 11.5 Å². The van der Waals surface area contributed by atoms with Crippen molar-refractivity contribution in [2.24, 2.45) is 5.92 Å². The molecule has 0 atom stereocenters. The van der Waals surface area contributed by atoms with Crippen LogP contribution in [0.25, 0.3) is 5.69 Å². The average Bonchev–Trinajstić information content (AvgIpc) is 3.33. The molecular formula is C23H25N3O4S. The molecule has 0 amide bonds. The van der Waals surface area contributed by atoms with Gasteiger partial charge in [-0.25, -0.2) is 17.9 Å². The predicted molar refractivity (Wildman–Crippen MR) is 116 cm³/mol. The molecule has 1 aliphatic rings. The van der Waals surface area contributed by atoms with Crippen molar-refractivity contribution in [3.05, 3.63) is 78.1 Å². The first-order valence-corrected chi connectivity index (χ1v) is 11.7. The van der Waals surface area contributed by atoms with Crippen LogP contribution >= 0.6 is 0 Å².